The third-order valence-corrected chi connectivity index (χ3v) is 2.70. The number of hydrogen-bond donors (Lipinski definition) is 2. The first kappa shape index (κ1) is 15.5. The fraction of sp³-hybridized carbons (Fsp3) is 0.429. The molecule has 0 radical (unpaired) electrons. The Morgan fingerprint density at radius 2 is 1.79 bits per heavy atom. The third kappa shape index (κ3) is 5.30. The quantitative estimate of drug-likeness (QED) is 0.892. The molecule has 0 aliphatic rings. The van der Waals surface area contributed by atoms with Crippen LogP contribution in [-0.2, 0) is 9.59 Å². The second kappa shape index (κ2) is 6.06. The molecule has 0 aliphatic carbocycles. The fourth-order valence-corrected chi connectivity index (χ4v) is 1.76. The van der Waals surface area contributed by atoms with E-state index in [1.54, 1.807) is 24.3 Å². The van der Waals surface area contributed by atoms with E-state index in [4.69, 9.17) is 11.6 Å². The van der Waals surface area contributed by atoms with E-state index in [-0.39, 0.29) is 17.7 Å². The van der Waals surface area contributed by atoms with Gasteiger partial charge in [-0.3, -0.25) is 4.79 Å². The summed E-state index contributed by atoms with van der Waals surface area (Å²) in [6, 6.07) is 5.34. The van der Waals surface area contributed by atoms with Crippen LogP contribution in [0.2, 0.25) is 5.02 Å². The highest BCUT2D eigenvalue weighted by atomic mass is 35.5. The van der Waals surface area contributed by atoms with Gasteiger partial charge in [-0.25, -0.2) is 4.79 Å². The summed E-state index contributed by atoms with van der Waals surface area (Å²) < 4.78 is 0. The molecule has 1 rings (SSSR count). The van der Waals surface area contributed by atoms with E-state index in [0.29, 0.717) is 10.6 Å². The number of carboxylic acid groups (broad SMARTS) is 1. The molecule has 0 aliphatic heterocycles. The first-order chi connectivity index (χ1) is 8.69. The zero-order chi connectivity index (χ0) is 14.6. The van der Waals surface area contributed by atoms with Crippen LogP contribution in [0.5, 0.6) is 0 Å². The highest BCUT2D eigenvalue weighted by Crippen LogP contribution is 2.21. The molecule has 1 amide bonds. The maximum absolute atomic E-state index is 11.8. The normalized spacial score (nSPS) is 12.8. The summed E-state index contributed by atoms with van der Waals surface area (Å²) in [7, 11) is 0. The summed E-state index contributed by atoms with van der Waals surface area (Å²) in [5, 5.41) is 12.2. The van der Waals surface area contributed by atoms with E-state index >= 15 is 0 Å². The second-order valence-corrected chi connectivity index (χ2v) is 6.06. The van der Waals surface area contributed by atoms with Crippen molar-refractivity contribution in [2.24, 2.45) is 5.41 Å². The van der Waals surface area contributed by atoms with Gasteiger partial charge in [0.25, 0.3) is 0 Å². The first-order valence-corrected chi connectivity index (χ1v) is 6.34. The Kier molecular flexibility index (Phi) is 4.95. The van der Waals surface area contributed by atoms with Crippen LogP contribution in [-0.4, -0.2) is 17.0 Å². The summed E-state index contributed by atoms with van der Waals surface area (Å²) in [6.45, 7) is 5.76. The molecule has 0 saturated heterocycles. The van der Waals surface area contributed by atoms with Gasteiger partial charge in [-0.15, -0.1) is 0 Å². The number of benzene rings is 1. The van der Waals surface area contributed by atoms with Gasteiger partial charge in [0.05, 0.1) is 0 Å². The average Bonchev–Trinajstić information content (AvgIpc) is 2.24. The minimum absolute atomic E-state index is 0.187. The SMILES string of the molecule is CC(C)(C)CC(=O)NC(C(=O)O)c1ccc(Cl)cc1. The topological polar surface area (TPSA) is 66.4 Å². The van der Waals surface area contributed by atoms with E-state index in [9.17, 15) is 14.7 Å². The smallest absolute Gasteiger partial charge is 0.330 e. The number of nitrogens with one attached hydrogen (secondary N) is 1. The Morgan fingerprint density at radius 1 is 1.26 bits per heavy atom. The Hall–Kier alpha value is -1.55. The van der Waals surface area contributed by atoms with Crippen molar-refractivity contribution in [3.05, 3.63) is 34.9 Å². The molecule has 0 saturated carbocycles. The number of carbonyl (C=O) groups is 2. The van der Waals surface area contributed by atoms with Gasteiger partial charge in [0.1, 0.15) is 0 Å². The Morgan fingerprint density at radius 3 is 2.21 bits per heavy atom. The fourth-order valence-electron chi connectivity index (χ4n) is 1.64. The first-order valence-electron chi connectivity index (χ1n) is 5.97. The molecular weight excluding hydrogens is 266 g/mol. The van der Waals surface area contributed by atoms with Gasteiger partial charge in [0.2, 0.25) is 5.91 Å². The zero-order valence-electron chi connectivity index (χ0n) is 11.2. The molecule has 0 spiro atoms. The number of aliphatic carboxylic acids is 1. The molecule has 0 bridgehead atoms. The largest absolute Gasteiger partial charge is 0.479 e. The zero-order valence-corrected chi connectivity index (χ0v) is 12.0. The predicted molar refractivity (Wildman–Crippen MR) is 74.0 cm³/mol. The maximum atomic E-state index is 11.8. The van der Waals surface area contributed by atoms with E-state index in [2.05, 4.69) is 5.32 Å². The molecule has 19 heavy (non-hydrogen) atoms. The van der Waals surface area contributed by atoms with E-state index in [0.717, 1.165) is 0 Å². The van der Waals surface area contributed by atoms with E-state index in [1.807, 2.05) is 20.8 Å². The number of amides is 1. The van der Waals surface area contributed by atoms with Crippen molar-refractivity contribution in [2.75, 3.05) is 0 Å². The number of rotatable bonds is 4. The van der Waals surface area contributed by atoms with Gasteiger partial charge < -0.3 is 10.4 Å². The molecule has 1 aromatic carbocycles. The van der Waals surface area contributed by atoms with Gasteiger partial charge in [0, 0.05) is 11.4 Å². The maximum Gasteiger partial charge on any atom is 0.330 e. The van der Waals surface area contributed by atoms with Crippen molar-refractivity contribution in [1.82, 2.24) is 5.32 Å². The van der Waals surface area contributed by atoms with Crippen LogP contribution in [0.4, 0.5) is 0 Å². The molecule has 0 aromatic heterocycles. The third-order valence-electron chi connectivity index (χ3n) is 2.45. The van der Waals surface area contributed by atoms with Crippen LogP contribution in [0, 0.1) is 5.41 Å². The Labute approximate surface area is 117 Å². The molecule has 1 atom stereocenters. The van der Waals surface area contributed by atoms with Crippen LogP contribution in [0.25, 0.3) is 0 Å². The van der Waals surface area contributed by atoms with Crippen molar-refractivity contribution < 1.29 is 14.7 Å². The summed E-state index contributed by atoms with van der Waals surface area (Å²) in [4.78, 5) is 23.1. The number of carboxylic acids is 1. The molecular formula is C14H18ClNO3. The lowest BCUT2D eigenvalue weighted by Gasteiger charge is -2.20. The van der Waals surface area contributed by atoms with Gasteiger partial charge >= 0.3 is 5.97 Å². The van der Waals surface area contributed by atoms with Crippen molar-refractivity contribution in [2.45, 2.75) is 33.2 Å². The van der Waals surface area contributed by atoms with Crippen LogP contribution < -0.4 is 5.32 Å². The standard InChI is InChI=1S/C14H18ClNO3/c1-14(2,3)8-11(17)16-12(13(18)19)9-4-6-10(15)7-5-9/h4-7,12H,8H2,1-3H3,(H,16,17)(H,18,19). The van der Waals surface area contributed by atoms with Crippen LogP contribution in [0.3, 0.4) is 0 Å². The van der Waals surface area contributed by atoms with E-state index in [1.165, 1.54) is 0 Å². The lowest BCUT2D eigenvalue weighted by molar-refractivity contribution is -0.142. The van der Waals surface area contributed by atoms with Crippen LogP contribution in [0.1, 0.15) is 38.8 Å². The van der Waals surface area contributed by atoms with Crippen molar-refractivity contribution in [1.29, 1.82) is 0 Å². The molecule has 0 fully saturated rings. The Bertz CT molecular complexity index is 463. The van der Waals surface area contributed by atoms with Gasteiger partial charge in [-0.2, -0.15) is 0 Å². The number of halogens is 1. The molecule has 104 valence electrons. The number of carbonyl (C=O) groups excluding carboxylic acids is 1. The highest BCUT2D eigenvalue weighted by molar-refractivity contribution is 6.30. The van der Waals surface area contributed by atoms with Crippen molar-refractivity contribution in [3.8, 4) is 0 Å². The monoisotopic (exact) mass is 283 g/mol. The van der Waals surface area contributed by atoms with Gasteiger partial charge in [-0.1, -0.05) is 44.5 Å². The molecule has 4 nitrogen and oxygen atoms in total. The molecule has 1 aromatic rings. The van der Waals surface area contributed by atoms with Crippen LogP contribution >= 0.6 is 11.6 Å². The number of hydrogen-bond acceptors (Lipinski definition) is 2. The van der Waals surface area contributed by atoms with Gasteiger partial charge in [0.15, 0.2) is 6.04 Å². The summed E-state index contributed by atoms with van der Waals surface area (Å²) in [6.07, 6.45) is 0.268. The molecule has 5 heteroatoms. The summed E-state index contributed by atoms with van der Waals surface area (Å²) in [5.41, 5.74) is 0.312. The lowest BCUT2D eigenvalue weighted by Crippen LogP contribution is -2.35. The molecule has 0 heterocycles. The molecule has 1 unspecified atom stereocenters. The van der Waals surface area contributed by atoms with Crippen molar-refractivity contribution in [3.63, 3.8) is 0 Å². The molecule has 2 N–H and O–H groups in total. The average molecular weight is 284 g/mol. The van der Waals surface area contributed by atoms with Crippen molar-refractivity contribution >= 4 is 23.5 Å². The summed E-state index contributed by atoms with van der Waals surface area (Å²) >= 11 is 5.75. The minimum Gasteiger partial charge on any atom is -0.479 e. The summed E-state index contributed by atoms with van der Waals surface area (Å²) in [5.74, 6) is -1.38. The minimum atomic E-state index is -1.09. The van der Waals surface area contributed by atoms with E-state index < -0.39 is 12.0 Å². The predicted octanol–water partition coefficient (Wildman–Crippen LogP) is 3.02. The van der Waals surface area contributed by atoms with Gasteiger partial charge in [-0.05, 0) is 23.1 Å². The second-order valence-electron chi connectivity index (χ2n) is 5.63. The Balaban J connectivity index is 2.82. The highest BCUT2D eigenvalue weighted by Gasteiger charge is 2.24. The lowest BCUT2D eigenvalue weighted by atomic mass is 9.91. The van der Waals surface area contributed by atoms with Crippen LogP contribution in [0.15, 0.2) is 24.3 Å².